The van der Waals surface area contributed by atoms with Gasteiger partial charge in [0.05, 0.1) is 12.6 Å². The monoisotopic (exact) mass is 532 g/mol. The molecule has 0 saturated heterocycles. The maximum atomic E-state index is 13.6. The number of aromatic nitrogens is 1. The van der Waals surface area contributed by atoms with Gasteiger partial charge in [-0.2, -0.15) is 0 Å². The lowest BCUT2D eigenvalue weighted by atomic mass is 10.0. The van der Waals surface area contributed by atoms with Gasteiger partial charge in [-0.3, -0.25) is 9.59 Å². The molecular formula is C33H44N2O4. The molecule has 1 heterocycles. The van der Waals surface area contributed by atoms with Crippen LogP contribution in [-0.4, -0.2) is 53.1 Å². The lowest BCUT2D eigenvalue weighted by Crippen LogP contribution is -2.35. The van der Waals surface area contributed by atoms with Crippen molar-refractivity contribution in [2.24, 2.45) is 0 Å². The third-order valence-electron chi connectivity index (χ3n) is 7.07. The summed E-state index contributed by atoms with van der Waals surface area (Å²) in [5.41, 5.74) is 3.06. The Bertz CT molecular complexity index is 1220. The highest BCUT2D eigenvalue weighted by molar-refractivity contribution is 6.16. The molecule has 0 bridgehead atoms. The molecule has 0 aliphatic heterocycles. The van der Waals surface area contributed by atoms with Crippen LogP contribution in [0.5, 0.6) is 5.75 Å². The molecule has 1 N–H and O–H groups in total. The first-order chi connectivity index (χ1) is 19.0. The zero-order chi connectivity index (χ0) is 28.0. The first-order valence-electron chi connectivity index (χ1n) is 14.4. The van der Waals surface area contributed by atoms with E-state index in [4.69, 9.17) is 9.84 Å². The summed E-state index contributed by atoms with van der Waals surface area (Å²) < 4.78 is 7.35. The maximum absolute atomic E-state index is 13.6. The Morgan fingerprint density at radius 3 is 2.31 bits per heavy atom. The summed E-state index contributed by atoms with van der Waals surface area (Å²) in [5.74, 6) is 0.697. The molecule has 0 unspecified atom stereocenters. The van der Waals surface area contributed by atoms with Gasteiger partial charge in [-0.25, -0.2) is 0 Å². The Morgan fingerprint density at radius 2 is 1.67 bits per heavy atom. The second-order valence-corrected chi connectivity index (χ2v) is 10.1. The van der Waals surface area contributed by atoms with Crippen molar-refractivity contribution in [2.45, 2.75) is 71.8 Å². The number of rotatable bonds is 17. The molecule has 0 saturated carbocycles. The fraction of sp³-hybridized carbons (Fsp3) is 0.455. The van der Waals surface area contributed by atoms with E-state index in [9.17, 15) is 9.59 Å². The third kappa shape index (κ3) is 8.56. The van der Waals surface area contributed by atoms with Gasteiger partial charge >= 0.3 is 0 Å². The van der Waals surface area contributed by atoms with E-state index in [1.807, 2.05) is 58.1 Å². The Morgan fingerprint density at radius 1 is 0.949 bits per heavy atom. The number of methoxy groups -OCH3 is 1. The summed E-state index contributed by atoms with van der Waals surface area (Å²) >= 11 is 0. The zero-order valence-electron chi connectivity index (χ0n) is 23.8. The molecule has 0 radical (unpaired) electrons. The number of hydrogen-bond donors (Lipinski definition) is 1. The minimum atomic E-state index is -0.0651. The van der Waals surface area contributed by atoms with Gasteiger partial charge in [0.2, 0.25) is 5.91 Å². The molecular weight excluding hydrogens is 488 g/mol. The minimum absolute atomic E-state index is 0.0651. The molecule has 3 aromatic rings. The van der Waals surface area contributed by atoms with E-state index in [-0.39, 0.29) is 24.8 Å². The van der Waals surface area contributed by atoms with Crippen LogP contribution in [0, 0.1) is 0 Å². The summed E-state index contributed by atoms with van der Waals surface area (Å²) in [6.45, 7) is 6.22. The number of ether oxygens (including phenoxy) is 1. The normalized spacial score (nSPS) is 11.4. The van der Waals surface area contributed by atoms with E-state index in [1.54, 1.807) is 7.11 Å². The van der Waals surface area contributed by atoms with Gasteiger partial charge in [0.15, 0.2) is 5.78 Å². The van der Waals surface area contributed by atoms with Crippen molar-refractivity contribution in [2.75, 3.05) is 26.8 Å². The lowest BCUT2D eigenvalue weighted by Gasteiger charge is -2.23. The Labute approximate surface area is 233 Å². The number of carbonyl (C=O) groups excluding carboxylic acids is 2. The van der Waals surface area contributed by atoms with Gasteiger partial charge in [-0.05, 0) is 49.8 Å². The summed E-state index contributed by atoms with van der Waals surface area (Å²) in [4.78, 5) is 28.9. The molecule has 6 nitrogen and oxygen atoms in total. The Kier molecular flexibility index (Phi) is 12.3. The molecule has 39 heavy (non-hydrogen) atoms. The van der Waals surface area contributed by atoms with Gasteiger partial charge in [-0.15, -0.1) is 0 Å². The van der Waals surface area contributed by atoms with Crippen molar-refractivity contribution < 1.29 is 19.4 Å². The highest BCUT2D eigenvalue weighted by Gasteiger charge is 2.20. The number of ketones is 1. The third-order valence-corrected chi connectivity index (χ3v) is 7.07. The molecule has 6 heteroatoms. The molecule has 0 aliphatic rings. The van der Waals surface area contributed by atoms with Crippen LogP contribution >= 0.6 is 0 Å². The quantitative estimate of drug-likeness (QED) is 0.152. The van der Waals surface area contributed by atoms with Crippen LogP contribution in [0.15, 0.2) is 54.7 Å². The van der Waals surface area contributed by atoms with Crippen molar-refractivity contribution in [1.82, 2.24) is 9.47 Å². The van der Waals surface area contributed by atoms with Gasteiger partial charge < -0.3 is 19.3 Å². The number of carbonyl (C=O) groups is 2. The molecule has 2 aromatic carbocycles. The first kappa shape index (κ1) is 30.2. The van der Waals surface area contributed by atoms with Gasteiger partial charge in [0.1, 0.15) is 12.3 Å². The van der Waals surface area contributed by atoms with Crippen molar-refractivity contribution in [3.8, 4) is 5.75 Å². The van der Waals surface area contributed by atoms with Crippen LogP contribution in [0.2, 0.25) is 0 Å². The minimum Gasteiger partial charge on any atom is -0.497 e. The average molecular weight is 533 g/mol. The van der Waals surface area contributed by atoms with Crippen molar-refractivity contribution in [1.29, 1.82) is 0 Å². The number of nitrogens with zero attached hydrogens (tertiary/aromatic N) is 2. The summed E-state index contributed by atoms with van der Waals surface area (Å²) in [6.07, 6.45) is 14.0. The highest BCUT2D eigenvalue weighted by Crippen LogP contribution is 2.28. The Balaban J connectivity index is 1.83. The molecule has 3 rings (SSSR count). The number of hydrogen-bond acceptors (Lipinski definition) is 4. The standard InChI is InChI=1S/C33H44N2O4/c1-4-6-20-34(21-7-5-2)32(37)25-35-24-30(29-19-18-28(39-3)23-31(29)35)33(38)27-16-14-26(15-17-27)13-11-9-8-10-12-22-36/h11,13-19,23-24,36H,4-10,12,20-22,25H2,1-3H3/b13-11+. The first-order valence-corrected chi connectivity index (χ1v) is 14.4. The van der Waals surface area contributed by atoms with E-state index in [2.05, 4.69) is 26.0 Å². The van der Waals surface area contributed by atoms with E-state index >= 15 is 0 Å². The fourth-order valence-corrected chi connectivity index (χ4v) is 4.69. The number of aliphatic hydroxyl groups excluding tert-OH is 1. The zero-order valence-corrected chi connectivity index (χ0v) is 23.8. The van der Waals surface area contributed by atoms with Crippen LogP contribution in [0.4, 0.5) is 0 Å². The lowest BCUT2D eigenvalue weighted by molar-refractivity contribution is -0.131. The van der Waals surface area contributed by atoms with Crippen LogP contribution < -0.4 is 4.74 Å². The fourth-order valence-electron chi connectivity index (χ4n) is 4.69. The smallest absolute Gasteiger partial charge is 0.242 e. The number of amides is 1. The highest BCUT2D eigenvalue weighted by atomic mass is 16.5. The van der Waals surface area contributed by atoms with Gasteiger partial charge in [-0.1, -0.05) is 69.5 Å². The molecule has 1 amide bonds. The molecule has 0 spiro atoms. The molecule has 0 fully saturated rings. The number of benzene rings is 2. The van der Waals surface area contributed by atoms with Crippen molar-refractivity contribution in [3.63, 3.8) is 0 Å². The van der Waals surface area contributed by atoms with E-state index in [0.29, 0.717) is 16.9 Å². The van der Waals surface area contributed by atoms with E-state index in [1.165, 1.54) is 0 Å². The van der Waals surface area contributed by atoms with E-state index in [0.717, 1.165) is 80.9 Å². The van der Waals surface area contributed by atoms with Crippen LogP contribution in [0.1, 0.15) is 86.7 Å². The van der Waals surface area contributed by atoms with Gasteiger partial charge in [0, 0.05) is 48.5 Å². The number of allylic oxidation sites excluding steroid dienone is 1. The predicted molar refractivity (Wildman–Crippen MR) is 159 cm³/mol. The molecule has 0 aliphatic carbocycles. The van der Waals surface area contributed by atoms with Crippen LogP contribution in [-0.2, 0) is 11.3 Å². The molecule has 0 atom stereocenters. The number of unbranched alkanes of at least 4 members (excludes halogenated alkanes) is 5. The van der Waals surface area contributed by atoms with Crippen molar-refractivity contribution in [3.05, 3.63) is 71.4 Å². The van der Waals surface area contributed by atoms with Crippen LogP contribution in [0.3, 0.4) is 0 Å². The second-order valence-electron chi connectivity index (χ2n) is 10.1. The SMILES string of the molecule is CCCCN(CCCC)C(=O)Cn1cc(C(=O)c2ccc(/C=C/CCCCCO)cc2)c2ccc(OC)cc21. The average Bonchev–Trinajstić information content (AvgIpc) is 3.32. The van der Waals surface area contributed by atoms with Crippen molar-refractivity contribution >= 4 is 28.7 Å². The van der Waals surface area contributed by atoms with E-state index < -0.39 is 0 Å². The number of aliphatic hydroxyl groups is 1. The van der Waals surface area contributed by atoms with Crippen LogP contribution in [0.25, 0.3) is 17.0 Å². The number of fused-ring (bicyclic) bond motifs is 1. The largest absolute Gasteiger partial charge is 0.497 e. The molecule has 1 aromatic heterocycles. The maximum Gasteiger partial charge on any atom is 0.242 e. The summed E-state index contributed by atoms with van der Waals surface area (Å²) in [6, 6.07) is 13.3. The molecule has 210 valence electrons. The summed E-state index contributed by atoms with van der Waals surface area (Å²) in [7, 11) is 1.62. The predicted octanol–water partition coefficient (Wildman–Crippen LogP) is 6.88. The van der Waals surface area contributed by atoms with Gasteiger partial charge in [0.25, 0.3) is 0 Å². The second kappa shape index (κ2) is 15.9. The summed E-state index contributed by atoms with van der Waals surface area (Å²) in [5, 5.41) is 9.70. The Hall–Kier alpha value is -3.38. The topological polar surface area (TPSA) is 71.8 Å².